The number of nitrogens with one attached hydrogen (secondary N) is 1. The minimum Gasteiger partial charge on any atom is -0.305 e. The summed E-state index contributed by atoms with van der Waals surface area (Å²) in [6, 6.07) is 8.10. The van der Waals surface area contributed by atoms with Crippen LogP contribution in [0.3, 0.4) is 0 Å². The quantitative estimate of drug-likeness (QED) is 0.853. The lowest BCUT2D eigenvalue weighted by Crippen LogP contribution is -2.20. The number of thiophene rings is 1. The minimum absolute atomic E-state index is 0.104. The molecule has 0 radical (unpaired) electrons. The molecule has 1 N–H and O–H groups in total. The van der Waals surface area contributed by atoms with Crippen LogP contribution in [0, 0.1) is 11.6 Å². The fourth-order valence-electron chi connectivity index (χ4n) is 1.86. The molecule has 2 aromatic rings. The van der Waals surface area contributed by atoms with Crippen LogP contribution in [-0.2, 0) is 6.54 Å². The van der Waals surface area contributed by atoms with Crippen LogP contribution in [0.5, 0.6) is 0 Å². The molecule has 4 heteroatoms. The lowest BCUT2D eigenvalue weighted by Gasteiger charge is -2.16. The highest BCUT2D eigenvalue weighted by atomic mass is 32.1. The average molecular weight is 267 g/mol. The van der Waals surface area contributed by atoms with Gasteiger partial charge in [0.25, 0.3) is 0 Å². The number of halogens is 2. The van der Waals surface area contributed by atoms with Crippen molar-refractivity contribution in [2.45, 2.75) is 25.9 Å². The summed E-state index contributed by atoms with van der Waals surface area (Å²) in [4.78, 5) is 1.19. The Labute approximate surface area is 109 Å². The molecule has 0 aliphatic carbocycles. The fraction of sp³-hybridized carbons (Fsp3) is 0.286. The molecule has 0 amide bonds. The molecule has 18 heavy (non-hydrogen) atoms. The van der Waals surface area contributed by atoms with Gasteiger partial charge in [-0.3, -0.25) is 0 Å². The Morgan fingerprint density at radius 2 is 1.89 bits per heavy atom. The Morgan fingerprint density at radius 3 is 2.44 bits per heavy atom. The maximum absolute atomic E-state index is 13.5. The summed E-state index contributed by atoms with van der Waals surface area (Å²) in [5.74, 6) is -0.993. The maximum atomic E-state index is 13.5. The van der Waals surface area contributed by atoms with Gasteiger partial charge in [-0.2, -0.15) is 0 Å². The molecule has 1 aromatic heterocycles. The lowest BCUT2D eigenvalue weighted by atomic mass is 10.1. The molecule has 1 heterocycles. The van der Waals surface area contributed by atoms with E-state index >= 15 is 0 Å². The van der Waals surface area contributed by atoms with Gasteiger partial charge in [-0.15, -0.1) is 11.3 Å². The van der Waals surface area contributed by atoms with E-state index in [0.717, 1.165) is 6.42 Å². The molecule has 96 valence electrons. The molecular formula is C14H15F2NS. The molecule has 1 aromatic carbocycles. The Hall–Kier alpha value is -1.26. The number of hydrogen-bond acceptors (Lipinski definition) is 2. The third-order valence-electron chi connectivity index (χ3n) is 2.88. The average Bonchev–Trinajstić information content (AvgIpc) is 2.87. The van der Waals surface area contributed by atoms with Crippen molar-refractivity contribution in [3.63, 3.8) is 0 Å². The third kappa shape index (κ3) is 2.94. The molecule has 0 bridgehead atoms. The maximum Gasteiger partial charge on any atom is 0.130 e. The van der Waals surface area contributed by atoms with E-state index in [1.165, 1.54) is 23.1 Å². The van der Waals surface area contributed by atoms with Gasteiger partial charge in [0.2, 0.25) is 0 Å². The van der Waals surface area contributed by atoms with Crippen molar-refractivity contribution in [3.8, 4) is 0 Å². The Kier molecular flexibility index (Phi) is 4.44. The van der Waals surface area contributed by atoms with E-state index in [9.17, 15) is 8.78 Å². The minimum atomic E-state index is -0.497. The standard InChI is InChI=1S/C14H15F2NS/c1-2-13(14-7-4-8-18-14)17-9-10-11(15)5-3-6-12(10)16/h3-8,13,17H,2,9H2,1H3. The number of hydrogen-bond donors (Lipinski definition) is 1. The van der Waals surface area contributed by atoms with Gasteiger partial charge < -0.3 is 5.32 Å². The van der Waals surface area contributed by atoms with Crippen molar-refractivity contribution in [1.82, 2.24) is 5.32 Å². The first-order valence-corrected chi connectivity index (χ1v) is 6.80. The molecule has 2 rings (SSSR count). The topological polar surface area (TPSA) is 12.0 Å². The van der Waals surface area contributed by atoms with Crippen LogP contribution in [0.15, 0.2) is 35.7 Å². The predicted octanol–water partition coefficient (Wildman–Crippen LogP) is 4.27. The molecule has 0 spiro atoms. The summed E-state index contributed by atoms with van der Waals surface area (Å²) < 4.78 is 26.9. The van der Waals surface area contributed by atoms with Gasteiger partial charge in [0, 0.05) is 23.0 Å². The third-order valence-corrected chi connectivity index (χ3v) is 3.87. The van der Waals surface area contributed by atoms with E-state index in [-0.39, 0.29) is 18.2 Å². The highest BCUT2D eigenvalue weighted by molar-refractivity contribution is 7.10. The van der Waals surface area contributed by atoms with Gasteiger partial charge in [0.05, 0.1) is 0 Å². The van der Waals surface area contributed by atoms with Gasteiger partial charge in [0.15, 0.2) is 0 Å². The largest absolute Gasteiger partial charge is 0.305 e. The van der Waals surface area contributed by atoms with Crippen molar-refractivity contribution in [3.05, 3.63) is 57.8 Å². The van der Waals surface area contributed by atoms with Crippen LogP contribution in [-0.4, -0.2) is 0 Å². The molecule has 1 nitrogen and oxygen atoms in total. The van der Waals surface area contributed by atoms with Crippen LogP contribution in [0.4, 0.5) is 8.78 Å². The zero-order valence-corrected chi connectivity index (χ0v) is 10.9. The van der Waals surface area contributed by atoms with Crippen molar-refractivity contribution < 1.29 is 8.78 Å². The van der Waals surface area contributed by atoms with Crippen molar-refractivity contribution in [1.29, 1.82) is 0 Å². The van der Waals surface area contributed by atoms with E-state index in [1.807, 2.05) is 17.5 Å². The first-order chi connectivity index (χ1) is 8.72. The molecule has 0 fully saturated rings. The SMILES string of the molecule is CCC(NCc1c(F)cccc1F)c1cccs1. The Bertz CT molecular complexity index is 476. The van der Waals surface area contributed by atoms with Crippen LogP contribution < -0.4 is 5.32 Å². The van der Waals surface area contributed by atoms with Crippen molar-refractivity contribution in [2.24, 2.45) is 0 Å². The summed E-state index contributed by atoms with van der Waals surface area (Å²) in [5.41, 5.74) is 0.104. The molecule has 0 saturated heterocycles. The van der Waals surface area contributed by atoms with Gasteiger partial charge in [-0.05, 0) is 30.0 Å². The van der Waals surface area contributed by atoms with Gasteiger partial charge in [0.1, 0.15) is 11.6 Å². The smallest absolute Gasteiger partial charge is 0.130 e. The summed E-state index contributed by atoms with van der Waals surface area (Å²) in [7, 11) is 0. The van der Waals surface area contributed by atoms with Crippen LogP contribution in [0.1, 0.15) is 29.8 Å². The lowest BCUT2D eigenvalue weighted by molar-refractivity contribution is 0.487. The second-order valence-corrected chi connectivity index (χ2v) is 5.04. The normalized spacial score (nSPS) is 12.6. The molecule has 0 aliphatic heterocycles. The predicted molar refractivity (Wildman–Crippen MR) is 70.5 cm³/mol. The summed E-state index contributed by atoms with van der Waals surface area (Å²) in [5, 5.41) is 5.20. The van der Waals surface area contributed by atoms with Gasteiger partial charge >= 0.3 is 0 Å². The van der Waals surface area contributed by atoms with Gasteiger partial charge in [-0.25, -0.2) is 8.78 Å². The second-order valence-electron chi connectivity index (χ2n) is 4.06. The molecule has 1 unspecified atom stereocenters. The van der Waals surface area contributed by atoms with Crippen molar-refractivity contribution >= 4 is 11.3 Å². The van der Waals surface area contributed by atoms with Crippen LogP contribution in [0.2, 0.25) is 0 Å². The van der Waals surface area contributed by atoms with E-state index in [1.54, 1.807) is 11.3 Å². The molecule has 0 aliphatic rings. The van der Waals surface area contributed by atoms with E-state index in [4.69, 9.17) is 0 Å². The Morgan fingerprint density at radius 1 is 1.17 bits per heavy atom. The molecule has 1 atom stereocenters. The summed E-state index contributed by atoms with van der Waals surface area (Å²) in [6.45, 7) is 2.25. The number of benzene rings is 1. The second kappa shape index (κ2) is 6.07. The van der Waals surface area contributed by atoms with Crippen molar-refractivity contribution in [2.75, 3.05) is 0 Å². The Balaban J connectivity index is 2.06. The van der Waals surface area contributed by atoms with Crippen LogP contribution >= 0.6 is 11.3 Å². The highest BCUT2D eigenvalue weighted by Crippen LogP contribution is 2.22. The summed E-state index contributed by atoms with van der Waals surface area (Å²) in [6.07, 6.45) is 0.886. The molecular weight excluding hydrogens is 252 g/mol. The van der Waals surface area contributed by atoms with E-state index < -0.39 is 11.6 Å². The first kappa shape index (κ1) is 13.2. The van der Waals surface area contributed by atoms with Gasteiger partial charge in [-0.1, -0.05) is 19.1 Å². The van der Waals surface area contributed by atoms with Crippen LogP contribution in [0.25, 0.3) is 0 Å². The fourth-order valence-corrected chi connectivity index (χ4v) is 2.75. The zero-order valence-electron chi connectivity index (χ0n) is 10.1. The monoisotopic (exact) mass is 267 g/mol. The highest BCUT2D eigenvalue weighted by Gasteiger charge is 2.13. The number of rotatable bonds is 5. The van der Waals surface area contributed by atoms with E-state index in [2.05, 4.69) is 12.2 Å². The first-order valence-electron chi connectivity index (χ1n) is 5.92. The molecule has 0 saturated carbocycles. The zero-order chi connectivity index (χ0) is 13.0. The van der Waals surface area contributed by atoms with E-state index in [0.29, 0.717) is 0 Å². The summed E-state index contributed by atoms with van der Waals surface area (Å²) >= 11 is 1.65.